The highest BCUT2D eigenvalue weighted by Crippen LogP contribution is 2.49. The number of amides is 3. The number of hydrogen-bond acceptors (Lipinski definition) is 6. The highest BCUT2D eigenvalue weighted by Gasteiger charge is 2.46. The van der Waals surface area contributed by atoms with Gasteiger partial charge in [0.1, 0.15) is 21.8 Å². The number of para-hydroxylation sites is 1. The molecular formula is C28H29N5O3S. The predicted octanol–water partition coefficient (Wildman–Crippen LogP) is 4.33. The van der Waals surface area contributed by atoms with Crippen molar-refractivity contribution in [2.45, 2.75) is 41.7 Å². The van der Waals surface area contributed by atoms with Crippen LogP contribution in [0.25, 0.3) is 0 Å². The van der Waals surface area contributed by atoms with E-state index < -0.39 is 11.3 Å². The quantitative estimate of drug-likeness (QED) is 0.508. The molecule has 0 radical (unpaired) electrons. The number of nitrogens with one attached hydrogen (secondary N) is 2. The van der Waals surface area contributed by atoms with Gasteiger partial charge in [-0.1, -0.05) is 42.1 Å². The zero-order valence-electron chi connectivity index (χ0n) is 20.6. The molecule has 1 fully saturated rings. The number of aromatic nitrogens is 1. The first-order valence-electron chi connectivity index (χ1n) is 12.6. The second-order valence-electron chi connectivity index (χ2n) is 9.77. The first-order chi connectivity index (χ1) is 18.0. The highest BCUT2D eigenvalue weighted by atomic mass is 32.2. The zero-order chi connectivity index (χ0) is 25.4. The van der Waals surface area contributed by atoms with Crippen LogP contribution in [0, 0.1) is 0 Å². The van der Waals surface area contributed by atoms with Crippen molar-refractivity contribution in [1.82, 2.24) is 20.5 Å². The summed E-state index contributed by atoms with van der Waals surface area (Å²) in [5.74, 6) is 1.47. The molecule has 9 heteroatoms. The third kappa shape index (κ3) is 4.89. The molecule has 1 saturated heterocycles. The summed E-state index contributed by atoms with van der Waals surface area (Å²) in [5, 5.41) is 6.68. The number of likely N-dealkylation sites (N-methyl/N-ethyl adjacent to an activating group) is 1. The Morgan fingerprint density at radius 3 is 2.70 bits per heavy atom. The largest absolute Gasteiger partial charge is 0.457 e. The fourth-order valence-corrected chi connectivity index (χ4v) is 6.51. The molecule has 0 bridgehead atoms. The number of carbonyl (C=O) groups is 2. The van der Waals surface area contributed by atoms with Gasteiger partial charge in [0.2, 0.25) is 5.91 Å². The second-order valence-corrected chi connectivity index (χ2v) is 10.9. The average Bonchev–Trinajstić information content (AvgIpc) is 3.27. The van der Waals surface area contributed by atoms with E-state index in [1.54, 1.807) is 11.1 Å². The van der Waals surface area contributed by atoms with Crippen molar-refractivity contribution in [3.63, 3.8) is 0 Å². The Morgan fingerprint density at radius 2 is 1.92 bits per heavy atom. The molecule has 1 aromatic heterocycles. The van der Waals surface area contributed by atoms with Gasteiger partial charge >= 0.3 is 6.03 Å². The first-order valence-corrected chi connectivity index (χ1v) is 13.5. The van der Waals surface area contributed by atoms with Crippen LogP contribution in [0.5, 0.6) is 11.5 Å². The molecule has 0 saturated carbocycles. The van der Waals surface area contributed by atoms with E-state index in [2.05, 4.69) is 27.6 Å². The monoisotopic (exact) mass is 515 g/mol. The van der Waals surface area contributed by atoms with Crippen molar-refractivity contribution in [2.75, 3.05) is 25.0 Å². The van der Waals surface area contributed by atoms with Crippen LogP contribution in [0.15, 0.2) is 71.9 Å². The van der Waals surface area contributed by atoms with Gasteiger partial charge in [-0.15, -0.1) is 0 Å². The van der Waals surface area contributed by atoms with Crippen LogP contribution in [-0.4, -0.2) is 53.3 Å². The molecule has 8 nitrogen and oxygen atoms in total. The number of pyridine rings is 1. The van der Waals surface area contributed by atoms with Crippen molar-refractivity contribution in [2.24, 2.45) is 0 Å². The lowest BCUT2D eigenvalue weighted by atomic mass is 9.99. The molecule has 2 aromatic carbocycles. The van der Waals surface area contributed by atoms with Gasteiger partial charge in [0.25, 0.3) is 0 Å². The van der Waals surface area contributed by atoms with E-state index in [-0.39, 0.29) is 18.0 Å². The Balaban J connectivity index is 1.18. The van der Waals surface area contributed by atoms with Crippen LogP contribution < -0.4 is 20.3 Å². The maximum Gasteiger partial charge on any atom is 0.322 e. The summed E-state index contributed by atoms with van der Waals surface area (Å²) in [5.41, 5.74) is 2.71. The van der Waals surface area contributed by atoms with Crippen LogP contribution in [0.2, 0.25) is 0 Å². The van der Waals surface area contributed by atoms with Crippen LogP contribution in [0.1, 0.15) is 30.0 Å². The molecule has 190 valence electrons. The molecule has 6 rings (SSSR count). The van der Waals surface area contributed by atoms with Crippen molar-refractivity contribution in [3.05, 3.63) is 78.0 Å². The van der Waals surface area contributed by atoms with Crippen LogP contribution >= 0.6 is 11.8 Å². The Labute approximate surface area is 220 Å². The topological polar surface area (TPSA) is 86.8 Å². The summed E-state index contributed by atoms with van der Waals surface area (Å²) in [6, 6.07) is 18.8. The van der Waals surface area contributed by atoms with E-state index in [1.165, 1.54) is 11.8 Å². The number of thioether (sulfide) groups is 1. The lowest BCUT2D eigenvalue weighted by molar-refractivity contribution is -0.122. The SMILES string of the molecule is CN1CCCC(NC(=O)[C@@H]2Sc3nccc4c3C2NC(=O)N4Cc2ccc(Oc3ccccc3)cc2)C1. The molecule has 37 heavy (non-hydrogen) atoms. The van der Waals surface area contributed by atoms with Crippen LogP contribution in [0.3, 0.4) is 0 Å². The van der Waals surface area contributed by atoms with Gasteiger partial charge in [-0.25, -0.2) is 9.78 Å². The van der Waals surface area contributed by atoms with Gasteiger partial charge < -0.3 is 20.3 Å². The number of rotatable bonds is 6. The Hall–Kier alpha value is -3.56. The number of urea groups is 1. The summed E-state index contributed by atoms with van der Waals surface area (Å²) in [6.07, 6.45) is 3.76. The molecule has 3 amide bonds. The fraction of sp³-hybridized carbons (Fsp3) is 0.321. The molecule has 3 aliphatic rings. The van der Waals surface area contributed by atoms with E-state index in [0.29, 0.717) is 6.54 Å². The summed E-state index contributed by atoms with van der Waals surface area (Å²) >= 11 is 1.44. The minimum Gasteiger partial charge on any atom is -0.457 e. The summed E-state index contributed by atoms with van der Waals surface area (Å²) in [6.45, 7) is 2.30. The van der Waals surface area contributed by atoms with Gasteiger partial charge in [0.05, 0.1) is 18.3 Å². The smallest absolute Gasteiger partial charge is 0.322 e. The molecular weight excluding hydrogens is 486 g/mol. The molecule has 3 aromatic rings. The lowest BCUT2D eigenvalue weighted by Gasteiger charge is -2.35. The van der Waals surface area contributed by atoms with Crippen molar-refractivity contribution >= 4 is 29.4 Å². The predicted molar refractivity (Wildman–Crippen MR) is 143 cm³/mol. The second kappa shape index (κ2) is 10.1. The normalized spacial score (nSPS) is 22.8. The molecule has 2 N–H and O–H groups in total. The number of hydrogen-bond donors (Lipinski definition) is 2. The maximum absolute atomic E-state index is 13.3. The summed E-state index contributed by atoms with van der Waals surface area (Å²) in [7, 11) is 2.08. The molecule has 0 aliphatic carbocycles. The van der Waals surface area contributed by atoms with E-state index >= 15 is 0 Å². The highest BCUT2D eigenvalue weighted by molar-refractivity contribution is 8.01. The van der Waals surface area contributed by atoms with Crippen molar-refractivity contribution in [1.29, 1.82) is 0 Å². The first kappa shape index (κ1) is 23.8. The molecule has 2 unspecified atom stereocenters. The molecule has 3 atom stereocenters. The molecule has 3 aliphatic heterocycles. The van der Waals surface area contributed by atoms with Gasteiger partial charge in [-0.2, -0.15) is 0 Å². The van der Waals surface area contributed by atoms with Gasteiger partial charge in [-0.3, -0.25) is 9.69 Å². The molecule has 0 spiro atoms. The van der Waals surface area contributed by atoms with E-state index in [1.807, 2.05) is 60.7 Å². The number of anilines is 1. The van der Waals surface area contributed by atoms with Crippen molar-refractivity contribution < 1.29 is 14.3 Å². The average molecular weight is 516 g/mol. The Kier molecular flexibility index (Phi) is 6.48. The fourth-order valence-electron chi connectivity index (χ4n) is 5.27. The summed E-state index contributed by atoms with van der Waals surface area (Å²) in [4.78, 5) is 35.1. The zero-order valence-corrected chi connectivity index (χ0v) is 21.4. The number of nitrogens with zero attached hydrogens (tertiary/aromatic N) is 3. The lowest BCUT2D eigenvalue weighted by Crippen LogP contribution is -2.53. The Bertz CT molecular complexity index is 1300. The van der Waals surface area contributed by atoms with Crippen molar-refractivity contribution in [3.8, 4) is 11.5 Å². The number of ether oxygens (including phenoxy) is 1. The van der Waals surface area contributed by atoms with Gasteiger partial charge in [0.15, 0.2) is 0 Å². The summed E-state index contributed by atoms with van der Waals surface area (Å²) < 4.78 is 5.89. The standard InChI is InChI=1S/C28H29N5O3S/c1-32-15-5-6-19(17-32)30-26(34)25-24-23-22(13-14-29-27(23)37-25)33(28(35)31-24)16-18-9-11-21(12-10-18)36-20-7-3-2-4-8-20/h2-4,7-14,19,24-25H,5-6,15-17H2,1H3,(H,30,34)(H,31,35)/t19?,24?,25-/m1/s1. The number of piperidine rings is 1. The number of carbonyl (C=O) groups excluding carboxylic acids is 2. The van der Waals surface area contributed by atoms with Crippen LogP contribution in [-0.2, 0) is 11.3 Å². The molecule has 4 heterocycles. The third-order valence-electron chi connectivity index (χ3n) is 7.07. The van der Waals surface area contributed by atoms with E-state index in [9.17, 15) is 9.59 Å². The number of likely N-dealkylation sites (tertiary alicyclic amines) is 1. The van der Waals surface area contributed by atoms with Gasteiger partial charge in [-0.05, 0) is 62.3 Å². The van der Waals surface area contributed by atoms with E-state index in [4.69, 9.17) is 4.74 Å². The minimum absolute atomic E-state index is 0.0398. The van der Waals surface area contributed by atoms with Gasteiger partial charge in [0, 0.05) is 24.3 Å². The number of benzene rings is 2. The van der Waals surface area contributed by atoms with E-state index in [0.717, 1.165) is 59.3 Å². The van der Waals surface area contributed by atoms with Crippen LogP contribution in [0.4, 0.5) is 10.5 Å². The minimum atomic E-state index is -0.434. The Morgan fingerprint density at radius 1 is 1.14 bits per heavy atom. The third-order valence-corrected chi connectivity index (χ3v) is 8.36. The maximum atomic E-state index is 13.3.